The fourth-order valence-corrected chi connectivity index (χ4v) is 1.50. The molecule has 76 valence electrons. The van der Waals surface area contributed by atoms with E-state index in [9.17, 15) is 10.1 Å². The molecular formula is C10H12ClNO2. The molecule has 0 bridgehead atoms. The number of aryl methyl sites for hydroxylation is 1. The fraction of sp³-hybridized carbons (Fsp3) is 0.400. The van der Waals surface area contributed by atoms with Gasteiger partial charge in [0, 0.05) is 17.5 Å². The average Bonchev–Trinajstić information content (AvgIpc) is 2.19. The second-order valence-corrected chi connectivity index (χ2v) is 3.41. The first kappa shape index (κ1) is 11.0. The van der Waals surface area contributed by atoms with Crippen molar-refractivity contribution in [1.29, 1.82) is 0 Å². The van der Waals surface area contributed by atoms with Crippen molar-refractivity contribution in [2.45, 2.75) is 19.3 Å². The van der Waals surface area contributed by atoms with E-state index in [-0.39, 0.29) is 10.6 Å². The van der Waals surface area contributed by atoms with Gasteiger partial charge in [-0.1, -0.05) is 18.2 Å². The van der Waals surface area contributed by atoms with Gasteiger partial charge >= 0.3 is 0 Å². The van der Waals surface area contributed by atoms with E-state index >= 15 is 0 Å². The van der Waals surface area contributed by atoms with Crippen LogP contribution in [0, 0.1) is 10.1 Å². The molecule has 0 saturated heterocycles. The number of unbranched alkanes of at least 4 members (excludes halogenated alkanes) is 1. The lowest BCUT2D eigenvalue weighted by molar-refractivity contribution is -0.385. The predicted octanol–water partition coefficient (Wildman–Crippen LogP) is 3.16. The molecule has 0 radical (unpaired) electrons. The fourth-order valence-electron chi connectivity index (χ4n) is 1.31. The minimum Gasteiger partial charge on any atom is -0.258 e. The second-order valence-electron chi connectivity index (χ2n) is 3.03. The third kappa shape index (κ3) is 3.00. The standard InChI is InChI=1S/C10H12ClNO2/c11-8-4-3-6-9-5-1-2-7-10(9)12(13)14/h1-2,5,7H,3-4,6,8H2. The smallest absolute Gasteiger partial charge is 0.258 e. The van der Waals surface area contributed by atoms with E-state index in [2.05, 4.69) is 0 Å². The molecule has 0 aliphatic carbocycles. The molecule has 0 amide bonds. The molecule has 0 N–H and O–H groups in total. The van der Waals surface area contributed by atoms with Crippen LogP contribution in [-0.4, -0.2) is 10.8 Å². The van der Waals surface area contributed by atoms with Crippen molar-refractivity contribution in [1.82, 2.24) is 0 Å². The number of hydrogen-bond donors (Lipinski definition) is 0. The van der Waals surface area contributed by atoms with Crippen LogP contribution in [0.4, 0.5) is 5.69 Å². The Bertz CT molecular complexity index is 315. The van der Waals surface area contributed by atoms with Gasteiger partial charge in [0.2, 0.25) is 0 Å². The van der Waals surface area contributed by atoms with E-state index in [1.165, 1.54) is 6.07 Å². The molecule has 1 rings (SSSR count). The number of nitrogens with zero attached hydrogens (tertiary/aromatic N) is 1. The Morgan fingerprint density at radius 2 is 2.00 bits per heavy atom. The molecule has 14 heavy (non-hydrogen) atoms. The molecule has 0 fully saturated rings. The van der Waals surface area contributed by atoms with Crippen molar-refractivity contribution in [3.63, 3.8) is 0 Å². The van der Waals surface area contributed by atoms with Gasteiger partial charge < -0.3 is 0 Å². The van der Waals surface area contributed by atoms with Gasteiger partial charge in [-0.25, -0.2) is 0 Å². The highest BCUT2D eigenvalue weighted by molar-refractivity contribution is 6.17. The highest BCUT2D eigenvalue weighted by Crippen LogP contribution is 2.19. The van der Waals surface area contributed by atoms with Crippen LogP contribution in [0.15, 0.2) is 24.3 Å². The highest BCUT2D eigenvalue weighted by atomic mass is 35.5. The van der Waals surface area contributed by atoms with Crippen LogP contribution in [0.3, 0.4) is 0 Å². The molecule has 4 heteroatoms. The quantitative estimate of drug-likeness (QED) is 0.326. The zero-order valence-electron chi connectivity index (χ0n) is 7.78. The van der Waals surface area contributed by atoms with Gasteiger partial charge in [-0.05, 0) is 19.3 Å². The van der Waals surface area contributed by atoms with E-state index in [1.54, 1.807) is 12.1 Å². The molecular weight excluding hydrogens is 202 g/mol. The predicted molar refractivity (Wildman–Crippen MR) is 56.8 cm³/mol. The van der Waals surface area contributed by atoms with Gasteiger partial charge in [-0.3, -0.25) is 10.1 Å². The summed E-state index contributed by atoms with van der Waals surface area (Å²) in [5, 5.41) is 10.6. The van der Waals surface area contributed by atoms with E-state index in [4.69, 9.17) is 11.6 Å². The third-order valence-electron chi connectivity index (χ3n) is 2.02. The molecule has 0 saturated carbocycles. The molecule has 1 aromatic rings. The number of alkyl halides is 1. The van der Waals surface area contributed by atoms with E-state index in [1.807, 2.05) is 6.07 Å². The Morgan fingerprint density at radius 3 is 2.64 bits per heavy atom. The normalized spacial score (nSPS) is 10.1. The maximum absolute atomic E-state index is 10.6. The van der Waals surface area contributed by atoms with Crippen LogP contribution in [0.25, 0.3) is 0 Å². The summed E-state index contributed by atoms with van der Waals surface area (Å²) >= 11 is 5.54. The molecule has 0 aliphatic rings. The van der Waals surface area contributed by atoms with Gasteiger partial charge in [0.1, 0.15) is 0 Å². The lowest BCUT2D eigenvalue weighted by atomic mass is 10.1. The summed E-state index contributed by atoms with van der Waals surface area (Å²) in [6.45, 7) is 0. The molecule has 0 spiro atoms. The Balaban J connectivity index is 2.69. The van der Waals surface area contributed by atoms with E-state index in [0.29, 0.717) is 5.88 Å². The van der Waals surface area contributed by atoms with Crippen LogP contribution < -0.4 is 0 Å². The first-order valence-corrected chi connectivity index (χ1v) is 5.07. The van der Waals surface area contributed by atoms with Crippen molar-refractivity contribution in [2.24, 2.45) is 0 Å². The van der Waals surface area contributed by atoms with E-state index in [0.717, 1.165) is 24.8 Å². The van der Waals surface area contributed by atoms with Crippen molar-refractivity contribution < 1.29 is 4.92 Å². The Morgan fingerprint density at radius 1 is 1.29 bits per heavy atom. The zero-order valence-corrected chi connectivity index (χ0v) is 8.54. The Labute approximate surface area is 87.8 Å². The Hall–Kier alpha value is -1.09. The summed E-state index contributed by atoms with van der Waals surface area (Å²) in [7, 11) is 0. The summed E-state index contributed by atoms with van der Waals surface area (Å²) in [5.41, 5.74) is 1.00. The van der Waals surface area contributed by atoms with Gasteiger partial charge in [0.15, 0.2) is 0 Å². The maximum atomic E-state index is 10.6. The topological polar surface area (TPSA) is 43.1 Å². The van der Waals surface area contributed by atoms with Crippen LogP contribution >= 0.6 is 11.6 Å². The summed E-state index contributed by atoms with van der Waals surface area (Å²) in [6, 6.07) is 6.84. The number of nitro benzene ring substituents is 1. The number of nitro groups is 1. The van der Waals surface area contributed by atoms with Crippen molar-refractivity contribution in [3.05, 3.63) is 39.9 Å². The molecule has 0 aliphatic heterocycles. The number of benzene rings is 1. The molecule has 0 unspecified atom stereocenters. The minimum absolute atomic E-state index is 0.210. The second kappa shape index (κ2) is 5.60. The molecule has 0 aromatic heterocycles. The lowest BCUT2D eigenvalue weighted by Gasteiger charge is -2.01. The Kier molecular flexibility index (Phi) is 4.40. The zero-order chi connectivity index (χ0) is 10.4. The van der Waals surface area contributed by atoms with Crippen LogP contribution in [0.2, 0.25) is 0 Å². The number of halogens is 1. The SMILES string of the molecule is O=[N+]([O-])c1ccccc1CCCCCl. The highest BCUT2D eigenvalue weighted by Gasteiger charge is 2.10. The molecule has 1 aromatic carbocycles. The van der Waals surface area contributed by atoms with Crippen LogP contribution in [0.1, 0.15) is 18.4 Å². The van der Waals surface area contributed by atoms with Gasteiger partial charge in [0.25, 0.3) is 5.69 Å². The van der Waals surface area contributed by atoms with Crippen LogP contribution in [-0.2, 0) is 6.42 Å². The molecule has 0 atom stereocenters. The monoisotopic (exact) mass is 213 g/mol. The van der Waals surface area contributed by atoms with Crippen molar-refractivity contribution in [3.8, 4) is 0 Å². The summed E-state index contributed by atoms with van der Waals surface area (Å²) in [5.74, 6) is 0.612. The molecule has 0 heterocycles. The first-order valence-electron chi connectivity index (χ1n) is 4.54. The first-order chi connectivity index (χ1) is 6.75. The van der Waals surface area contributed by atoms with Crippen molar-refractivity contribution in [2.75, 3.05) is 5.88 Å². The number of rotatable bonds is 5. The summed E-state index contributed by atoms with van der Waals surface area (Å²) < 4.78 is 0. The van der Waals surface area contributed by atoms with Crippen LogP contribution in [0.5, 0.6) is 0 Å². The third-order valence-corrected chi connectivity index (χ3v) is 2.29. The van der Waals surface area contributed by atoms with Gasteiger partial charge in [0.05, 0.1) is 4.92 Å². The van der Waals surface area contributed by atoms with Gasteiger partial charge in [-0.15, -0.1) is 11.6 Å². The van der Waals surface area contributed by atoms with E-state index < -0.39 is 0 Å². The summed E-state index contributed by atoms with van der Waals surface area (Å²) in [6.07, 6.45) is 2.52. The largest absolute Gasteiger partial charge is 0.272 e. The minimum atomic E-state index is -0.337. The van der Waals surface area contributed by atoms with Gasteiger partial charge in [-0.2, -0.15) is 0 Å². The maximum Gasteiger partial charge on any atom is 0.272 e. The van der Waals surface area contributed by atoms with Crippen molar-refractivity contribution >= 4 is 17.3 Å². The summed E-state index contributed by atoms with van der Waals surface area (Å²) in [4.78, 5) is 10.3. The average molecular weight is 214 g/mol. The number of hydrogen-bond acceptors (Lipinski definition) is 2. The lowest BCUT2D eigenvalue weighted by Crippen LogP contribution is -1.95. The molecule has 3 nitrogen and oxygen atoms in total. The number of para-hydroxylation sites is 1.